The Morgan fingerprint density at radius 1 is 0.867 bits per heavy atom. The van der Waals surface area contributed by atoms with E-state index in [1.54, 1.807) is 42.5 Å². The number of ether oxygens (including phenoxy) is 1. The summed E-state index contributed by atoms with van der Waals surface area (Å²) in [6.07, 6.45) is 0.192. The summed E-state index contributed by atoms with van der Waals surface area (Å²) in [7, 11) is -2.80. The minimum absolute atomic E-state index is 0.0342. The number of benzene rings is 4. The molecule has 0 radical (unpaired) electrons. The predicted molar refractivity (Wildman–Crippen MR) is 178 cm³/mol. The van der Waals surface area contributed by atoms with Crippen LogP contribution in [-0.2, 0) is 32.6 Å². The van der Waals surface area contributed by atoms with Crippen LogP contribution in [0.2, 0.25) is 10.0 Å². The molecule has 0 bridgehead atoms. The second-order valence-corrected chi connectivity index (χ2v) is 13.4. The summed E-state index contributed by atoms with van der Waals surface area (Å²) in [5.74, 6) is -0.501. The predicted octanol–water partition coefficient (Wildman–Crippen LogP) is 6.36. The van der Waals surface area contributed by atoms with Gasteiger partial charge in [-0.25, -0.2) is 8.42 Å². The summed E-state index contributed by atoms with van der Waals surface area (Å²) >= 11 is 12.8. The van der Waals surface area contributed by atoms with Crippen LogP contribution >= 0.6 is 23.2 Å². The Bertz CT molecular complexity index is 1720. The second-order valence-electron chi connectivity index (χ2n) is 10.6. The Hall–Kier alpha value is -4.05. The first-order valence-electron chi connectivity index (χ1n) is 14.3. The maximum Gasteiger partial charge on any atom is 0.264 e. The Morgan fingerprint density at radius 3 is 2.16 bits per heavy atom. The maximum absolute atomic E-state index is 14.5. The van der Waals surface area contributed by atoms with E-state index < -0.39 is 28.5 Å². The van der Waals surface area contributed by atoms with E-state index in [0.29, 0.717) is 21.4 Å². The highest BCUT2D eigenvalue weighted by Gasteiger charge is 2.35. The highest BCUT2D eigenvalue weighted by atomic mass is 35.5. The van der Waals surface area contributed by atoms with Crippen molar-refractivity contribution >= 4 is 50.7 Å². The van der Waals surface area contributed by atoms with Crippen LogP contribution in [0.3, 0.4) is 0 Å². The first-order valence-corrected chi connectivity index (χ1v) is 16.5. The maximum atomic E-state index is 14.5. The van der Waals surface area contributed by atoms with E-state index in [9.17, 15) is 18.0 Å². The number of nitrogens with zero attached hydrogens (tertiary/aromatic N) is 2. The minimum atomic E-state index is -4.28. The van der Waals surface area contributed by atoms with Crippen molar-refractivity contribution < 1.29 is 22.7 Å². The Labute approximate surface area is 274 Å². The normalized spacial score (nSPS) is 12.0. The molecule has 0 saturated heterocycles. The molecule has 0 heterocycles. The van der Waals surface area contributed by atoms with Crippen molar-refractivity contribution in [3.8, 4) is 5.75 Å². The van der Waals surface area contributed by atoms with Gasteiger partial charge in [-0.3, -0.25) is 13.9 Å². The van der Waals surface area contributed by atoms with Crippen LogP contribution in [0.15, 0.2) is 108 Å². The van der Waals surface area contributed by atoms with E-state index >= 15 is 0 Å². The zero-order valence-corrected chi connectivity index (χ0v) is 27.5. The molecule has 236 valence electrons. The Balaban J connectivity index is 1.81. The van der Waals surface area contributed by atoms with Crippen molar-refractivity contribution in [3.63, 3.8) is 0 Å². The third-order valence-electron chi connectivity index (χ3n) is 7.02. The monoisotopic (exact) mass is 667 g/mol. The lowest BCUT2D eigenvalue weighted by molar-refractivity contribution is -0.140. The summed E-state index contributed by atoms with van der Waals surface area (Å²) in [5.41, 5.74) is 1.63. The molecule has 1 N–H and O–H groups in total. The van der Waals surface area contributed by atoms with Gasteiger partial charge in [-0.05, 0) is 73.5 Å². The zero-order valence-electron chi connectivity index (χ0n) is 25.2. The molecule has 0 aliphatic heterocycles. The van der Waals surface area contributed by atoms with Crippen LogP contribution in [0.5, 0.6) is 5.75 Å². The number of anilines is 1. The fraction of sp³-hybridized carbons (Fsp3) is 0.235. The van der Waals surface area contributed by atoms with Crippen molar-refractivity contribution in [2.24, 2.45) is 0 Å². The zero-order chi connectivity index (χ0) is 32.6. The average molecular weight is 669 g/mol. The lowest BCUT2D eigenvalue weighted by Gasteiger charge is -2.34. The molecule has 0 spiro atoms. The molecule has 4 aromatic rings. The molecular weight excluding hydrogens is 633 g/mol. The van der Waals surface area contributed by atoms with Crippen LogP contribution in [-0.4, -0.2) is 50.9 Å². The van der Waals surface area contributed by atoms with E-state index in [1.165, 1.54) is 42.3 Å². The summed E-state index contributed by atoms with van der Waals surface area (Å²) in [6.45, 7) is 3.02. The van der Waals surface area contributed by atoms with E-state index in [2.05, 4.69) is 5.32 Å². The van der Waals surface area contributed by atoms with Gasteiger partial charge in [-0.2, -0.15) is 0 Å². The van der Waals surface area contributed by atoms with Gasteiger partial charge < -0.3 is 15.0 Å². The number of amides is 2. The van der Waals surface area contributed by atoms with Crippen molar-refractivity contribution in [1.82, 2.24) is 10.2 Å². The van der Waals surface area contributed by atoms with Crippen molar-refractivity contribution in [2.45, 2.75) is 43.8 Å². The van der Waals surface area contributed by atoms with Gasteiger partial charge >= 0.3 is 0 Å². The summed E-state index contributed by atoms with van der Waals surface area (Å²) in [6, 6.07) is 27.3. The average Bonchev–Trinajstić information content (AvgIpc) is 3.02. The highest BCUT2D eigenvalue weighted by Crippen LogP contribution is 2.28. The Morgan fingerprint density at radius 2 is 1.53 bits per heavy atom. The number of sulfonamides is 1. The van der Waals surface area contributed by atoms with Gasteiger partial charge in [0.25, 0.3) is 10.0 Å². The van der Waals surface area contributed by atoms with Gasteiger partial charge in [-0.1, -0.05) is 77.8 Å². The number of hydrogen-bond acceptors (Lipinski definition) is 5. The van der Waals surface area contributed by atoms with Gasteiger partial charge in [-0.15, -0.1) is 0 Å². The fourth-order valence-corrected chi connectivity index (χ4v) is 6.57. The van der Waals surface area contributed by atoms with Gasteiger partial charge in [0.15, 0.2) is 0 Å². The number of methoxy groups -OCH3 is 1. The van der Waals surface area contributed by atoms with Crippen LogP contribution in [0.1, 0.15) is 25.0 Å². The fourth-order valence-electron chi connectivity index (χ4n) is 4.78. The third-order valence-corrected chi connectivity index (χ3v) is 9.41. The molecule has 4 rings (SSSR count). The highest BCUT2D eigenvalue weighted by molar-refractivity contribution is 7.92. The smallest absolute Gasteiger partial charge is 0.264 e. The van der Waals surface area contributed by atoms with Gasteiger partial charge in [0.1, 0.15) is 18.3 Å². The molecule has 0 saturated carbocycles. The number of hydrogen-bond donors (Lipinski definition) is 1. The lowest BCUT2D eigenvalue weighted by atomic mass is 10.0. The van der Waals surface area contributed by atoms with Crippen molar-refractivity contribution in [1.29, 1.82) is 0 Å². The number of nitrogens with one attached hydrogen (secondary N) is 1. The number of carbonyl (C=O) groups excluding carboxylic acids is 2. The number of carbonyl (C=O) groups is 2. The first-order chi connectivity index (χ1) is 21.5. The van der Waals surface area contributed by atoms with Crippen LogP contribution in [0.4, 0.5) is 5.69 Å². The van der Waals surface area contributed by atoms with E-state index in [-0.39, 0.29) is 35.5 Å². The van der Waals surface area contributed by atoms with E-state index in [0.717, 1.165) is 9.87 Å². The molecular formula is C34H35Cl2N3O5S. The molecule has 0 aromatic heterocycles. The summed E-state index contributed by atoms with van der Waals surface area (Å²) in [5, 5.41) is 3.64. The number of halogens is 2. The van der Waals surface area contributed by atoms with E-state index in [4.69, 9.17) is 27.9 Å². The van der Waals surface area contributed by atoms with Crippen molar-refractivity contribution in [3.05, 3.63) is 124 Å². The standard InChI is InChI=1S/C34H35Cl2N3O5S/c1-24(2)37-34(41)32(20-25-10-5-4-6-11-25)38(22-26-12-7-8-15-31(26)36)33(40)23-39(28-14-9-13-27(35)21-28)45(42,43)30-18-16-29(44-3)17-19-30/h4-19,21,24,32H,20,22-23H2,1-3H3,(H,37,41)/t32-/m1/s1. The second kappa shape index (κ2) is 15.3. The quantitative estimate of drug-likeness (QED) is 0.179. The van der Waals surface area contributed by atoms with Crippen molar-refractivity contribution in [2.75, 3.05) is 18.0 Å². The molecule has 0 unspecified atom stereocenters. The van der Waals surface area contributed by atoms with Crippen LogP contribution in [0, 0.1) is 0 Å². The Kier molecular flexibility index (Phi) is 11.5. The SMILES string of the molecule is COc1ccc(S(=O)(=O)N(CC(=O)N(Cc2ccccc2Cl)[C@H](Cc2ccccc2)C(=O)NC(C)C)c2cccc(Cl)c2)cc1. The van der Waals surface area contributed by atoms with Crippen LogP contribution < -0.4 is 14.4 Å². The third kappa shape index (κ3) is 8.78. The minimum Gasteiger partial charge on any atom is -0.497 e. The van der Waals surface area contributed by atoms with Crippen LogP contribution in [0.25, 0.3) is 0 Å². The molecule has 2 amide bonds. The molecule has 4 aromatic carbocycles. The molecule has 0 aliphatic rings. The molecule has 0 aliphatic carbocycles. The molecule has 45 heavy (non-hydrogen) atoms. The summed E-state index contributed by atoms with van der Waals surface area (Å²) < 4.78 is 34.4. The lowest BCUT2D eigenvalue weighted by Crippen LogP contribution is -2.54. The molecule has 8 nitrogen and oxygen atoms in total. The van der Waals surface area contributed by atoms with E-state index in [1.807, 2.05) is 44.2 Å². The molecule has 1 atom stereocenters. The van der Waals surface area contributed by atoms with Gasteiger partial charge in [0.05, 0.1) is 17.7 Å². The van der Waals surface area contributed by atoms with Gasteiger partial charge in [0, 0.05) is 29.1 Å². The number of rotatable bonds is 13. The largest absolute Gasteiger partial charge is 0.497 e. The molecule has 0 fully saturated rings. The first kappa shape index (κ1) is 33.8. The van der Waals surface area contributed by atoms with Gasteiger partial charge in [0.2, 0.25) is 11.8 Å². The molecule has 11 heteroatoms. The topological polar surface area (TPSA) is 96.0 Å². The summed E-state index contributed by atoms with van der Waals surface area (Å²) in [4.78, 5) is 29.6.